The van der Waals surface area contributed by atoms with Gasteiger partial charge >= 0.3 is 12.1 Å². The summed E-state index contributed by atoms with van der Waals surface area (Å²) in [5.41, 5.74) is 0.222. The number of alkyl halides is 3. The van der Waals surface area contributed by atoms with Crippen LogP contribution in [0.1, 0.15) is 15.9 Å². The third-order valence-corrected chi connectivity index (χ3v) is 2.88. The molecule has 0 unspecified atom stereocenters. The Morgan fingerprint density at radius 1 is 1.05 bits per heavy atom. The van der Waals surface area contributed by atoms with Gasteiger partial charge in [0, 0.05) is 0 Å². The molecule has 110 valence electrons. The molecule has 0 saturated carbocycles. The quantitative estimate of drug-likeness (QED) is 0.856. The van der Waals surface area contributed by atoms with Crippen LogP contribution in [0.25, 0.3) is 11.1 Å². The number of carbonyl (C=O) groups excluding carboxylic acids is 1. The van der Waals surface area contributed by atoms with Gasteiger partial charge in [-0.3, -0.25) is 0 Å². The summed E-state index contributed by atoms with van der Waals surface area (Å²) >= 11 is 0. The van der Waals surface area contributed by atoms with Crippen molar-refractivity contribution in [3.05, 3.63) is 53.6 Å². The molecule has 0 fully saturated rings. The van der Waals surface area contributed by atoms with Crippen molar-refractivity contribution >= 4 is 5.97 Å². The van der Waals surface area contributed by atoms with Gasteiger partial charge < -0.3 is 9.84 Å². The van der Waals surface area contributed by atoms with E-state index in [0.717, 1.165) is 12.1 Å². The maximum atomic E-state index is 12.5. The first-order chi connectivity index (χ1) is 9.81. The van der Waals surface area contributed by atoms with E-state index in [1.807, 2.05) is 0 Å². The zero-order valence-corrected chi connectivity index (χ0v) is 10.9. The largest absolute Gasteiger partial charge is 0.508 e. The Labute approximate surface area is 118 Å². The fraction of sp³-hybridized carbons (Fsp3) is 0.133. The molecule has 0 aliphatic carbocycles. The first kappa shape index (κ1) is 14.9. The van der Waals surface area contributed by atoms with Gasteiger partial charge in [-0.2, -0.15) is 13.2 Å². The van der Waals surface area contributed by atoms with Crippen LogP contribution >= 0.6 is 0 Å². The summed E-state index contributed by atoms with van der Waals surface area (Å²) in [6.45, 7) is 0. The number of aromatic hydroxyl groups is 1. The lowest BCUT2D eigenvalue weighted by molar-refractivity contribution is -0.137. The average molecular weight is 296 g/mol. The number of phenols is 1. The minimum atomic E-state index is -4.41. The molecule has 3 nitrogen and oxygen atoms in total. The number of benzene rings is 2. The van der Waals surface area contributed by atoms with Crippen molar-refractivity contribution in [2.24, 2.45) is 0 Å². The fourth-order valence-electron chi connectivity index (χ4n) is 1.87. The lowest BCUT2D eigenvalue weighted by Crippen LogP contribution is -2.04. The topological polar surface area (TPSA) is 46.5 Å². The molecule has 1 N–H and O–H groups in total. The van der Waals surface area contributed by atoms with Crippen molar-refractivity contribution < 1.29 is 27.8 Å². The molecule has 0 saturated heterocycles. The van der Waals surface area contributed by atoms with Crippen LogP contribution in [0.3, 0.4) is 0 Å². The Morgan fingerprint density at radius 3 is 2.19 bits per heavy atom. The molecule has 0 heterocycles. The lowest BCUT2D eigenvalue weighted by Gasteiger charge is -2.09. The van der Waals surface area contributed by atoms with Crippen LogP contribution in [0.4, 0.5) is 13.2 Å². The van der Waals surface area contributed by atoms with Crippen LogP contribution in [-0.4, -0.2) is 18.2 Å². The summed E-state index contributed by atoms with van der Waals surface area (Å²) in [6, 6.07) is 8.45. The Kier molecular flexibility index (Phi) is 3.88. The van der Waals surface area contributed by atoms with Gasteiger partial charge in [-0.1, -0.05) is 12.1 Å². The van der Waals surface area contributed by atoms with Crippen molar-refractivity contribution in [3.63, 3.8) is 0 Å². The third-order valence-electron chi connectivity index (χ3n) is 2.88. The molecule has 2 aromatic carbocycles. The second-order valence-electron chi connectivity index (χ2n) is 4.34. The number of ether oxygens (including phenoxy) is 1. The van der Waals surface area contributed by atoms with E-state index in [-0.39, 0.29) is 11.3 Å². The highest BCUT2D eigenvalue weighted by Gasteiger charge is 2.30. The minimum absolute atomic E-state index is 0.118. The van der Waals surface area contributed by atoms with Crippen molar-refractivity contribution in [1.82, 2.24) is 0 Å². The third kappa shape index (κ3) is 3.34. The molecule has 0 atom stereocenters. The highest BCUT2D eigenvalue weighted by Crippen LogP contribution is 2.32. The summed E-state index contributed by atoms with van der Waals surface area (Å²) in [5.74, 6) is -0.813. The molecule has 6 heteroatoms. The molecular weight excluding hydrogens is 285 g/mol. The maximum Gasteiger partial charge on any atom is 0.416 e. The summed E-state index contributed by atoms with van der Waals surface area (Å²) in [5, 5.41) is 9.60. The Hall–Kier alpha value is -2.50. The fourth-order valence-corrected chi connectivity index (χ4v) is 1.87. The Morgan fingerprint density at radius 2 is 1.67 bits per heavy atom. The molecule has 0 aromatic heterocycles. The smallest absolute Gasteiger partial charge is 0.416 e. The maximum absolute atomic E-state index is 12.5. The molecule has 2 aromatic rings. The molecule has 2 rings (SSSR count). The number of phenolic OH excluding ortho intramolecular Hbond substituents is 1. The molecule has 0 bridgehead atoms. The van der Waals surface area contributed by atoms with E-state index in [4.69, 9.17) is 0 Å². The van der Waals surface area contributed by atoms with Crippen molar-refractivity contribution in [1.29, 1.82) is 0 Å². The van der Waals surface area contributed by atoms with Gasteiger partial charge in [0.05, 0.1) is 18.2 Å². The summed E-state index contributed by atoms with van der Waals surface area (Å²) in [4.78, 5) is 11.5. The number of esters is 1. The van der Waals surface area contributed by atoms with Gasteiger partial charge in [-0.15, -0.1) is 0 Å². The Bertz CT molecular complexity index is 661. The van der Waals surface area contributed by atoms with E-state index < -0.39 is 17.7 Å². The SMILES string of the molecule is COC(=O)c1cc(O)cc(-c2ccc(C(F)(F)F)cc2)c1. The average Bonchev–Trinajstić information content (AvgIpc) is 2.45. The molecule has 0 aliphatic heterocycles. The first-order valence-corrected chi connectivity index (χ1v) is 5.91. The van der Waals surface area contributed by atoms with E-state index in [0.29, 0.717) is 11.1 Å². The Balaban J connectivity index is 2.42. The van der Waals surface area contributed by atoms with E-state index >= 15 is 0 Å². The summed E-state index contributed by atoms with van der Waals surface area (Å²) < 4.78 is 42.0. The zero-order chi connectivity index (χ0) is 15.6. The highest BCUT2D eigenvalue weighted by molar-refractivity contribution is 5.91. The molecule has 21 heavy (non-hydrogen) atoms. The van der Waals surface area contributed by atoms with E-state index in [9.17, 15) is 23.1 Å². The van der Waals surface area contributed by atoms with Crippen molar-refractivity contribution in [2.45, 2.75) is 6.18 Å². The van der Waals surface area contributed by atoms with Gasteiger partial charge in [0.25, 0.3) is 0 Å². The normalized spacial score (nSPS) is 11.2. The molecular formula is C15H11F3O3. The zero-order valence-electron chi connectivity index (χ0n) is 10.9. The number of carbonyl (C=O) groups is 1. The van der Waals surface area contributed by atoms with Gasteiger partial charge in [-0.05, 0) is 41.5 Å². The standard InChI is InChI=1S/C15H11F3O3/c1-21-14(20)11-6-10(7-13(19)8-11)9-2-4-12(5-3-9)15(16,17)18/h2-8,19H,1H3. The van der Waals surface area contributed by atoms with E-state index in [2.05, 4.69) is 4.74 Å². The number of halogens is 3. The monoisotopic (exact) mass is 296 g/mol. The second-order valence-corrected chi connectivity index (χ2v) is 4.34. The molecule has 0 amide bonds. The van der Waals surface area contributed by atoms with Crippen molar-refractivity contribution in [2.75, 3.05) is 7.11 Å². The van der Waals surface area contributed by atoms with E-state index in [1.165, 1.54) is 37.4 Å². The van der Waals surface area contributed by atoms with Crippen LogP contribution in [-0.2, 0) is 10.9 Å². The minimum Gasteiger partial charge on any atom is -0.508 e. The van der Waals surface area contributed by atoms with Crippen LogP contribution in [0.5, 0.6) is 5.75 Å². The predicted molar refractivity (Wildman–Crippen MR) is 69.9 cm³/mol. The number of hydrogen-bond donors (Lipinski definition) is 1. The summed E-state index contributed by atoms with van der Waals surface area (Å²) in [7, 11) is 1.20. The van der Waals surface area contributed by atoms with Gasteiger partial charge in [-0.25, -0.2) is 4.79 Å². The second kappa shape index (κ2) is 5.47. The molecule has 0 radical (unpaired) electrons. The van der Waals surface area contributed by atoms with E-state index in [1.54, 1.807) is 0 Å². The highest BCUT2D eigenvalue weighted by atomic mass is 19.4. The molecule has 0 aliphatic rings. The van der Waals surface area contributed by atoms with Gasteiger partial charge in [0.15, 0.2) is 0 Å². The van der Waals surface area contributed by atoms with Crippen LogP contribution in [0.15, 0.2) is 42.5 Å². The first-order valence-electron chi connectivity index (χ1n) is 5.91. The number of hydrogen-bond acceptors (Lipinski definition) is 3. The van der Waals surface area contributed by atoms with Crippen LogP contribution in [0, 0.1) is 0 Å². The van der Waals surface area contributed by atoms with Crippen LogP contribution < -0.4 is 0 Å². The predicted octanol–water partition coefficient (Wildman–Crippen LogP) is 3.86. The lowest BCUT2D eigenvalue weighted by atomic mass is 10.0. The number of methoxy groups -OCH3 is 1. The number of rotatable bonds is 2. The van der Waals surface area contributed by atoms with Crippen molar-refractivity contribution in [3.8, 4) is 16.9 Å². The van der Waals surface area contributed by atoms with Crippen LogP contribution in [0.2, 0.25) is 0 Å². The molecule has 0 spiro atoms. The summed E-state index contributed by atoms with van der Waals surface area (Å²) in [6.07, 6.45) is -4.41. The van der Waals surface area contributed by atoms with Gasteiger partial charge in [0.1, 0.15) is 5.75 Å². The van der Waals surface area contributed by atoms with Gasteiger partial charge in [0.2, 0.25) is 0 Å².